The fraction of sp³-hybridized carbons (Fsp3) is 1.00. The predicted octanol–water partition coefficient (Wildman–Crippen LogP) is 4.83. The summed E-state index contributed by atoms with van der Waals surface area (Å²) in [6.45, 7) is 7.67. The van der Waals surface area contributed by atoms with Crippen molar-refractivity contribution in [3.05, 3.63) is 0 Å². The van der Waals surface area contributed by atoms with Gasteiger partial charge in [0.25, 0.3) is 0 Å². The van der Waals surface area contributed by atoms with Gasteiger partial charge in [0.2, 0.25) is 0 Å². The van der Waals surface area contributed by atoms with Crippen molar-refractivity contribution in [1.29, 1.82) is 0 Å². The van der Waals surface area contributed by atoms with Crippen molar-refractivity contribution in [1.82, 2.24) is 0 Å². The molecular weight excluding hydrogens is 244 g/mol. The van der Waals surface area contributed by atoms with Crippen LogP contribution in [0.4, 0.5) is 0 Å². The molecule has 0 unspecified atom stereocenters. The maximum atomic E-state index is 5.77. The molecule has 0 N–H and O–H groups in total. The van der Waals surface area contributed by atoms with E-state index in [1.807, 2.05) is 13.8 Å². The predicted molar refractivity (Wildman–Crippen MR) is 82.4 cm³/mol. The van der Waals surface area contributed by atoms with E-state index in [2.05, 4.69) is 19.6 Å². The second kappa shape index (κ2) is 12.3. The molecular formula is C15H32O2S. The summed E-state index contributed by atoms with van der Waals surface area (Å²) < 4.78 is 11.5. The fourth-order valence-electron chi connectivity index (χ4n) is 2.23. The maximum Gasteiger partial charge on any atom is 0.176 e. The Morgan fingerprint density at radius 1 is 0.778 bits per heavy atom. The Hall–Kier alpha value is 0.270. The van der Waals surface area contributed by atoms with E-state index in [0.29, 0.717) is 19.0 Å². The molecule has 0 atom stereocenters. The van der Waals surface area contributed by atoms with E-state index in [1.54, 1.807) is 0 Å². The van der Waals surface area contributed by atoms with Crippen LogP contribution in [0.3, 0.4) is 0 Å². The Morgan fingerprint density at radius 2 is 1.28 bits per heavy atom. The molecule has 0 saturated carbocycles. The highest BCUT2D eigenvalue weighted by Crippen LogP contribution is 2.23. The van der Waals surface area contributed by atoms with Crippen LogP contribution in [-0.2, 0) is 9.47 Å². The second-order valence-corrected chi connectivity index (χ2v) is 5.12. The molecule has 18 heavy (non-hydrogen) atoms. The lowest BCUT2D eigenvalue weighted by Crippen LogP contribution is -2.38. The van der Waals surface area contributed by atoms with Crippen LogP contribution in [-0.4, -0.2) is 24.8 Å². The van der Waals surface area contributed by atoms with Crippen molar-refractivity contribution in [2.24, 2.45) is 0 Å². The summed E-state index contributed by atoms with van der Waals surface area (Å²) in [7, 11) is 0. The van der Waals surface area contributed by atoms with Gasteiger partial charge in [-0.2, -0.15) is 12.6 Å². The lowest BCUT2D eigenvalue weighted by Gasteiger charge is -2.31. The number of ether oxygens (including phenoxy) is 2. The van der Waals surface area contributed by atoms with Gasteiger partial charge in [0.05, 0.1) is 0 Å². The first-order valence-electron chi connectivity index (χ1n) is 7.63. The minimum atomic E-state index is -0.448. The van der Waals surface area contributed by atoms with E-state index in [4.69, 9.17) is 9.47 Å². The zero-order valence-electron chi connectivity index (χ0n) is 12.5. The monoisotopic (exact) mass is 276 g/mol. The summed E-state index contributed by atoms with van der Waals surface area (Å²) in [4.78, 5) is 0. The van der Waals surface area contributed by atoms with Crippen LogP contribution < -0.4 is 0 Å². The molecule has 0 aliphatic rings. The molecule has 0 spiro atoms. The molecule has 0 aromatic rings. The smallest absolute Gasteiger partial charge is 0.176 e. The van der Waals surface area contributed by atoms with Crippen molar-refractivity contribution in [2.75, 3.05) is 19.0 Å². The van der Waals surface area contributed by atoms with E-state index in [9.17, 15) is 0 Å². The van der Waals surface area contributed by atoms with Crippen LogP contribution in [0.2, 0.25) is 0 Å². The molecule has 0 heterocycles. The number of thiol groups is 1. The van der Waals surface area contributed by atoms with Crippen LogP contribution in [0.1, 0.15) is 72.1 Å². The van der Waals surface area contributed by atoms with Gasteiger partial charge in [-0.15, -0.1) is 0 Å². The average molecular weight is 276 g/mol. The van der Waals surface area contributed by atoms with Crippen molar-refractivity contribution in [3.63, 3.8) is 0 Å². The molecule has 0 aliphatic heterocycles. The van der Waals surface area contributed by atoms with Crippen LogP contribution in [0.5, 0.6) is 0 Å². The lowest BCUT2D eigenvalue weighted by molar-refractivity contribution is -0.221. The summed E-state index contributed by atoms with van der Waals surface area (Å²) in [5.41, 5.74) is 0. The summed E-state index contributed by atoms with van der Waals surface area (Å²) >= 11 is 4.39. The van der Waals surface area contributed by atoms with Gasteiger partial charge in [0, 0.05) is 25.4 Å². The molecule has 0 saturated heterocycles. The first-order chi connectivity index (χ1) is 8.74. The Bertz CT molecular complexity index is 168. The third kappa shape index (κ3) is 8.39. The molecule has 0 amide bonds. The molecule has 110 valence electrons. The molecule has 2 nitrogen and oxygen atoms in total. The first-order valence-corrected chi connectivity index (χ1v) is 8.26. The third-order valence-electron chi connectivity index (χ3n) is 3.22. The van der Waals surface area contributed by atoms with Gasteiger partial charge in [-0.05, 0) is 20.3 Å². The minimum absolute atomic E-state index is 0.448. The van der Waals surface area contributed by atoms with Gasteiger partial charge >= 0.3 is 0 Å². The zero-order chi connectivity index (χ0) is 13.7. The Morgan fingerprint density at radius 3 is 1.72 bits per heavy atom. The fourth-order valence-corrected chi connectivity index (χ4v) is 2.57. The van der Waals surface area contributed by atoms with Gasteiger partial charge < -0.3 is 9.47 Å². The molecule has 3 heteroatoms. The van der Waals surface area contributed by atoms with E-state index < -0.39 is 5.79 Å². The molecule has 0 fully saturated rings. The van der Waals surface area contributed by atoms with Crippen LogP contribution in [0.25, 0.3) is 0 Å². The van der Waals surface area contributed by atoms with Gasteiger partial charge in [-0.25, -0.2) is 0 Å². The topological polar surface area (TPSA) is 18.5 Å². The quantitative estimate of drug-likeness (QED) is 0.295. The molecule has 0 aromatic heterocycles. The Kier molecular flexibility index (Phi) is 12.5. The van der Waals surface area contributed by atoms with E-state index in [-0.39, 0.29) is 0 Å². The average Bonchev–Trinajstić information content (AvgIpc) is 2.38. The highest BCUT2D eigenvalue weighted by molar-refractivity contribution is 7.80. The number of hydrogen-bond donors (Lipinski definition) is 1. The van der Waals surface area contributed by atoms with Gasteiger partial charge in [0.15, 0.2) is 5.79 Å². The van der Waals surface area contributed by atoms with Crippen molar-refractivity contribution < 1.29 is 9.47 Å². The number of unbranched alkanes of at least 4 members (excludes halogenated alkanes) is 6. The number of hydrogen-bond acceptors (Lipinski definition) is 3. The van der Waals surface area contributed by atoms with Crippen LogP contribution in [0.15, 0.2) is 0 Å². The Balaban J connectivity index is 3.75. The Labute approximate surface area is 119 Å². The van der Waals surface area contributed by atoms with Crippen molar-refractivity contribution >= 4 is 12.6 Å². The highest BCUT2D eigenvalue weighted by atomic mass is 32.1. The first kappa shape index (κ1) is 18.3. The SMILES string of the molecule is CCCCCCCCCC(CS)(OCC)OCC. The van der Waals surface area contributed by atoms with Crippen molar-refractivity contribution in [3.8, 4) is 0 Å². The lowest BCUT2D eigenvalue weighted by atomic mass is 10.1. The summed E-state index contributed by atoms with van der Waals surface area (Å²) in [5.74, 6) is 0.195. The van der Waals surface area contributed by atoms with E-state index in [0.717, 1.165) is 6.42 Å². The molecule has 0 aromatic carbocycles. The molecule has 0 rings (SSSR count). The second-order valence-electron chi connectivity index (χ2n) is 4.81. The van der Waals surface area contributed by atoms with Crippen LogP contribution >= 0.6 is 12.6 Å². The highest BCUT2D eigenvalue weighted by Gasteiger charge is 2.28. The molecule has 0 aliphatic carbocycles. The normalized spacial score (nSPS) is 12.0. The third-order valence-corrected chi connectivity index (χ3v) is 3.70. The van der Waals surface area contributed by atoms with E-state index >= 15 is 0 Å². The number of rotatable bonds is 13. The summed E-state index contributed by atoms with van der Waals surface area (Å²) in [5, 5.41) is 0. The van der Waals surface area contributed by atoms with Gasteiger partial charge in [-0.3, -0.25) is 0 Å². The zero-order valence-corrected chi connectivity index (χ0v) is 13.4. The largest absolute Gasteiger partial charge is 0.349 e. The summed E-state index contributed by atoms with van der Waals surface area (Å²) in [6, 6.07) is 0. The van der Waals surface area contributed by atoms with Gasteiger partial charge in [-0.1, -0.05) is 45.4 Å². The molecule has 0 radical (unpaired) electrons. The van der Waals surface area contributed by atoms with Crippen LogP contribution in [0, 0.1) is 0 Å². The van der Waals surface area contributed by atoms with Crippen molar-refractivity contribution in [2.45, 2.75) is 77.9 Å². The van der Waals surface area contributed by atoms with Gasteiger partial charge in [0.1, 0.15) is 0 Å². The summed E-state index contributed by atoms with van der Waals surface area (Å²) in [6.07, 6.45) is 10.2. The minimum Gasteiger partial charge on any atom is -0.349 e. The molecule has 0 bridgehead atoms. The maximum absolute atomic E-state index is 5.77. The standard InChI is InChI=1S/C15H32O2S/c1-4-7-8-9-10-11-12-13-15(14-18,16-5-2)17-6-3/h18H,4-14H2,1-3H3. The van der Waals surface area contributed by atoms with E-state index in [1.165, 1.54) is 44.9 Å².